The Morgan fingerprint density at radius 3 is 2.27 bits per heavy atom. The number of esters is 1. The lowest BCUT2D eigenvalue weighted by molar-refractivity contribution is 0.0600. The number of rotatable bonds is 6. The van der Waals surface area contributed by atoms with Gasteiger partial charge in [-0.05, 0) is 71.0 Å². The van der Waals surface area contributed by atoms with E-state index < -0.39 is 0 Å². The van der Waals surface area contributed by atoms with Gasteiger partial charge in [0.25, 0.3) is 0 Å². The van der Waals surface area contributed by atoms with Gasteiger partial charge in [-0.2, -0.15) is 0 Å². The smallest absolute Gasteiger partial charge is 0.337 e. The maximum atomic E-state index is 11.5. The highest BCUT2D eigenvalue weighted by molar-refractivity contribution is 14.1. The van der Waals surface area contributed by atoms with E-state index in [0.29, 0.717) is 5.56 Å². The molecule has 22 heavy (non-hydrogen) atoms. The van der Waals surface area contributed by atoms with Gasteiger partial charge in [-0.3, -0.25) is 0 Å². The molecule has 116 valence electrons. The largest absolute Gasteiger partial charge is 0.486 e. The van der Waals surface area contributed by atoms with Crippen LogP contribution in [-0.2, 0) is 4.74 Å². The minimum absolute atomic E-state index is 0.0169. The zero-order chi connectivity index (χ0) is 15.9. The molecule has 0 N–H and O–H groups in total. The number of hydrogen-bond acceptors (Lipinski definition) is 3. The van der Waals surface area contributed by atoms with E-state index in [1.165, 1.54) is 10.7 Å². The zero-order valence-corrected chi connectivity index (χ0v) is 14.9. The molecule has 2 aromatic carbocycles. The summed E-state index contributed by atoms with van der Waals surface area (Å²) >= 11 is 2.27. The van der Waals surface area contributed by atoms with E-state index in [1.807, 2.05) is 36.4 Å². The minimum atomic E-state index is -0.322. The maximum absolute atomic E-state index is 11.5. The third kappa shape index (κ3) is 4.47. The quantitative estimate of drug-likeness (QED) is 0.497. The number of carbonyl (C=O) groups excluding carboxylic acids is 1. The monoisotopic (exact) mass is 410 g/mol. The van der Waals surface area contributed by atoms with Gasteiger partial charge in [0.1, 0.15) is 11.9 Å². The first-order valence-electron chi connectivity index (χ1n) is 7.24. The molecule has 0 unspecified atom stereocenters. The predicted molar refractivity (Wildman–Crippen MR) is 95.2 cm³/mol. The molecule has 1 atom stereocenters. The third-order valence-electron chi connectivity index (χ3n) is 3.35. The SMILES string of the molecule is CCC[C@@H](Oc1ccc(I)cc1)c1ccc(C(=O)OC)cc1. The Kier molecular flexibility index (Phi) is 6.24. The van der Waals surface area contributed by atoms with Crippen molar-refractivity contribution in [3.05, 3.63) is 63.2 Å². The fraction of sp³-hybridized carbons (Fsp3) is 0.278. The van der Waals surface area contributed by atoms with Crippen LogP contribution in [0.25, 0.3) is 0 Å². The fourth-order valence-corrected chi connectivity index (χ4v) is 2.54. The van der Waals surface area contributed by atoms with Gasteiger partial charge >= 0.3 is 5.97 Å². The topological polar surface area (TPSA) is 35.5 Å². The summed E-state index contributed by atoms with van der Waals surface area (Å²) in [5.41, 5.74) is 1.61. The Hall–Kier alpha value is -1.56. The summed E-state index contributed by atoms with van der Waals surface area (Å²) in [6.07, 6.45) is 1.92. The van der Waals surface area contributed by atoms with Crippen molar-refractivity contribution in [2.24, 2.45) is 0 Å². The van der Waals surface area contributed by atoms with Crippen molar-refractivity contribution in [2.45, 2.75) is 25.9 Å². The fourth-order valence-electron chi connectivity index (χ4n) is 2.18. The van der Waals surface area contributed by atoms with Crippen molar-refractivity contribution < 1.29 is 14.3 Å². The average molecular weight is 410 g/mol. The molecule has 0 fully saturated rings. The Labute approximate surface area is 144 Å². The van der Waals surface area contributed by atoms with Gasteiger partial charge in [0.2, 0.25) is 0 Å². The lowest BCUT2D eigenvalue weighted by Crippen LogP contribution is -2.08. The minimum Gasteiger partial charge on any atom is -0.486 e. The van der Waals surface area contributed by atoms with Gasteiger partial charge in [-0.15, -0.1) is 0 Å². The summed E-state index contributed by atoms with van der Waals surface area (Å²) in [5, 5.41) is 0. The molecule has 4 heteroatoms. The first-order chi connectivity index (χ1) is 10.6. The zero-order valence-electron chi connectivity index (χ0n) is 12.7. The Morgan fingerprint density at radius 1 is 1.09 bits per heavy atom. The number of hydrogen-bond donors (Lipinski definition) is 0. The van der Waals surface area contributed by atoms with E-state index in [4.69, 9.17) is 9.47 Å². The van der Waals surface area contributed by atoms with Crippen LogP contribution in [0.15, 0.2) is 48.5 Å². The number of ether oxygens (including phenoxy) is 2. The van der Waals surface area contributed by atoms with Crippen molar-refractivity contribution in [2.75, 3.05) is 7.11 Å². The van der Waals surface area contributed by atoms with E-state index in [0.717, 1.165) is 24.2 Å². The van der Waals surface area contributed by atoms with E-state index in [1.54, 1.807) is 12.1 Å². The van der Waals surface area contributed by atoms with Crippen LogP contribution < -0.4 is 4.74 Å². The van der Waals surface area contributed by atoms with E-state index >= 15 is 0 Å². The molecule has 0 aliphatic carbocycles. The van der Waals surface area contributed by atoms with E-state index in [9.17, 15) is 4.79 Å². The molecule has 2 aromatic rings. The third-order valence-corrected chi connectivity index (χ3v) is 4.07. The van der Waals surface area contributed by atoms with Crippen LogP contribution in [0, 0.1) is 3.57 Å². The second kappa shape index (κ2) is 8.17. The van der Waals surface area contributed by atoms with Gasteiger partial charge in [0.05, 0.1) is 12.7 Å². The standard InChI is InChI=1S/C18H19IO3/c1-3-4-17(22-16-11-9-15(19)10-12-16)13-5-7-14(8-6-13)18(20)21-2/h5-12,17H,3-4H2,1-2H3/t17-/m1/s1. The Morgan fingerprint density at radius 2 is 1.73 bits per heavy atom. The number of halogens is 1. The molecule has 0 bridgehead atoms. The van der Waals surface area contributed by atoms with Crippen LogP contribution in [0.5, 0.6) is 5.75 Å². The Balaban J connectivity index is 2.16. The van der Waals surface area contributed by atoms with Crippen molar-refractivity contribution >= 4 is 28.6 Å². The maximum Gasteiger partial charge on any atom is 0.337 e. The molecule has 0 aliphatic rings. The summed E-state index contributed by atoms with van der Waals surface area (Å²) in [6.45, 7) is 2.13. The first-order valence-corrected chi connectivity index (χ1v) is 8.32. The first kappa shape index (κ1) is 16.8. The molecule has 0 aliphatic heterocycles. The van der Waals surface area contributed by atoms with Crippen LogP contribution in [0.2, 0.25) is 0 Å². The van der Waals surface area contributed by atoms with Crippen molar-refractivity contribution in [3.8, 4) is 5.75 Å². The van der Waals surface area contributed by atoms with Crippen molar-refractivity contribution in [1.29, 1.82) is 0 Å². The van der Waals surface area contributed by atoms with Gasteiger partial charge < -0.3 is 9.47 Å². The number of benzene rings is 2. The highest BCUT2D eigenvalue weighted by atomic mass is 127. The molecule has 3 nitrogen and oxygen atoms in total. The molecule has 0 amide bonds. The lowest BCUT2D eigenvalue weighted by atomic mass is 10.0. The van der Waals surface area contributed by atoms with Crippen LogP contribution >= 0.6 is 22.6 Å². The molecule has 2 rings (SSSR count). The van der Waals surface area contributed by atoms with E-state index in [-0.39, 0.29) is 12.1 Å². The summed E-state index contributed by atoms with van der Waals surface area (Å²) < 4.78 is 12.0. The van der Waals surface area contributed by atoms with Crippen LogP contribution in [-0.4, -0.2) is 13.1 Å². The molecular formula is C18H19IO3. The second-order valence-corrected chi connectivity index (χ2v) is 6.21. The highest BCUT2D eigenvalue weighted by Crippen LogP contribution is 2.26. The molecule has 0 saturated heterocycles. The molecule has 0 spiro atoms. The van der Waals surface area contributed by atoms with Crippen LogP contribution in [0.1, 0.15) is 41.8 Å². The van der Waals surface area contributed by atoms with Gasteiger partial charge in [-0.1, -0.05) is 25.5 Å². The van der Waals surface area contributed by atoms with Gasteiger partial charge in [0.15, 0.2) is 0 Å². The highest BCUT2D eigenvalue weighted by Gasteiger charge is 2.14. The summed E-state index contributed by atoms with van der Waals surface area (Å²) in [5.74, 6) is 0.535. The van der Waals surface area contributed by atoms with Crippen LogP contribution in [0.4, 0.5) is 0 Å². The van der Waals surface area contributed by atoms with Crippen LogP contribution in [0.3, 0.4) is 0 Å². The molecule has 0 heterocycles. The van der Waals surface area contributed by atoms with Crippen molar-refractivity contribution in [3.63, 3.8) is 0 Å². The van der Waals surface area contributed by atoms with E-state index in [2.05, 4.69) is 29.5 Å². The number of methoxy groups -OCH3 is 1. The molecule has 0 saturated carbocycles. The summed E-state index contributed by atoms with van der Waals surface area (Å²) in [6, 6.07) is 15.4. The predicted octanol–water partition coefficient (Wildman–Crippen LogP) is 5.00. The summed E-state index contributed by atoms with van der Waals surface area (Å²) in [7, 11) is 1.38. The molecular weight excluding hydrogens is 391 g/mol. The normalized spacial score (nSPS) is 11.8. The lowest BCUT2D eigenvalue weighted by Gasteiger charge is -2.19. The van der Waals surface area contributed by atoms with Gasteiger partial charge in [0, 0.05) is 3.57 Å². The molecule has 0 radical (unpaired) electrons. The Bertz CT molecular complexity index is 605. The average Bonchev–Trinajstić information content (AvgIpc) is 2.56. The summed E-state index contributed by atoms with van der Waals surface area (Å²) in [4.78, 5) is 11.5. The second-order valence-electron chi connectivity index (χ2n) is 4.96. The molecule has 0 aromatic heterocycles. The van der Waals surface area contributed by atoms with Gasteiger partial charge in [-0.25, -0.2) is 4.79 Å². The van der Waals surface area contributed by atoms with Crippen molar-refractivity contribution in [1.82, 2.24) is 0 Å². The number of carbonyl (C=O) groups is 1.